The van der Waals surface area contributed by atoms with Crippen LogP contribution in [0.5, 0.6) is 0 Å². The largest absolute Gasteiger partial charge is 0.423 e. The van der Waals surface area contributed by atoms with E-state index in [0.717, 1.165) is 23.0 Å². The van der Waals surface area contributed by atoms with E-state index in [1.165, 1.54) is 6.92 Å². The summed E-state index contributed by atoms with van der Waals surface area (Å²) in [6, 6.07) is 0.980. The number of hydrogen-bond acceptors (Lipinski definition) is 6. The van der Waals surface area contributed by atoms with Crippen molar-refractivity contribution >= 4 is 23.1 Å². The van der Waals surface area contributed by atoms with Crippen molar-refractivity contribution in [1.29, 1.82) is 0 Å². The number of likely N-dealkylation sites (tertiary alicyclic amines) is 1. The molecule has 0 spiro atoms. The molecule has 0 bridgehead atoms. The smallest absolute Gasteiger partial charge is 0.382 e. The third-order valence-electron chi connectivity index (χ3n) is 6.19. The minimum Gasteiger partial charge on any atom is -0.382 e. The van der Waals surface area contributed by atoms with E-state index in [1.807, 2.05) is 0 Å². The van der Waals surface area contributed by atoms with Crippen molar-refractivity contribution in [2.45, 2.75) is 37.6 Å². The Labute approximate surface area is 213 Å². The van der Waals surface area contributed by atoms with Crippen LogP contribution in [0.25, 0.3) is 16.8 Å². The molecule has 0 radical (unpaired) electrons. The number of benzene rings is 1. The van der Waals surface area contributed by atoms with Gasteiger partial charge in [0.25, 0.3) is 11.8 Å². The molecule has 0 unspecified atom stereocenters. The molecule has 4 rings (SSSR count). The maximum absolute atomic E-state index is 14.8. The fraction of sp³-hybridized carbons (Fsp3) is 0.364. The van der Waals surface area contributed by atoms with Crippen molar-refractivity contribution in [2.75, 3.05) is 18.8 Å². The molecule has 3 heterocycles. The summed E-state index contributed by atoms with van der Waals surface area (Å²) in [5.74, 6) is -4.46. The van der Waals surface area contributed by atoms with Crippen LogP contribution in [0, 0.1) is 12.7 Å². The van der Waals surface area contributed by atoms with E-state index in [-0.39, 0.29) is 16.8 Å². The molecule has 1 aromatic carbocycles. The second-order valence-corrected chi connectivity index (χ2v) is 8.76. The highest BCUT2D eigenvalue weighted by molar-refractivity contribution is 5.97. The number of aliphatic hydroxyl groups excluding tert-OH is 1. The van der Waals surface area contributed by atoms with Gasteiger partial charge in [-0.2, -0.15) is 31.4 Å². The number of nitrogens with one attached hydrogen (secondary N) is 1. The molecule has 0 saturated carbocycles. The Kier molecular flexibility index (Phi) is 6.91. The van der Waals surface area contributed by atoms with Crippen LogP contribution < -0.4 is 11.1 Å². The molecule has 3 aromatic rings. The Hall–Kier alpha value is -4.02. The van der Waals surface area contributed by atoms with E-state index in [9.17, 15) is 44.7 Å². The van der Waals surface area contributed by atoms with Gasteiger partial charge in [-0.25, -0.2) is 18.3 Å². The summed E-state index contributed by atoms with van der Waals surface area (Å²) >= 11 is 0. The van der Waals surface area contributed by atoms with Crippen LogP contribution in [0.3, 0.4) is 0 Å². The van der Waals surface area contributed by atoms with E-state index in [0.29, 0.717) is 11.0 Å². The average molecular weight is 566 g/mol. The zero-order valence-corrected chi connectivity index (χ0v) is 19.6. The molecule has 1 saturated heterocycles. The number of carbonyl (C=O) groups is 2. The molecule has 3 atom stereocenters. The van der Waals surface area contributed by atoms with Gasteiger partial charge in [0.15, 0.2) is 5.82 Å². The molecule has 39 heavy (non-hydrogen) atoms. The van der Waals surface area contributed by atoms with Gasteiger partial charge >= 0.3 is 12.4 Å². The Balaban J connectivity index is 1.66. The maximum Gasteiger partial charge on any atom is 0.423 e. The van der Waals surface area contributed by atoms with Gasteiger partial charge in [0.2, 0.25) is 6.10 Å². The molecular formula is C22H18F8N6O3. The van der Waals surface area contributed by atoms with Gasteiger partial charge in [-0.05, 0) is 30.7 Å². The number of amides is 2. The first-order chi connectivity index (χ1) is 18.0. The van der Waals surface area contributed by atoms with Crippen molar-refractivity contribution in [2.24, 2.45) is 0 Å². The first-order valence-corrected chi connectivity index (χ1v) is 11.0. The topological polar surface area (TPSA) is 126 Å². The quantitative estimate of drug-likeness (QED) is 0.417. The number of halogens is 8. The number of nitrogens with two attached hydrogens (primary N) is 1. The number of aliphatic hydroxyl groups is 1. The lowest BCUT2D eigenvalue weighted by atomic mass is 10.0. The van der Waals surface area contributed by atoms with Gasteiger partial charge in [-0.1, -0.05) is 0 Å². The lowest BCUT2D eigenvalue weighted by molar-refractivity contribution is -0.210. The lowest BCUT2D eigenvalue weighted by Crippen LogP contribution is -2.47. The summed E-state index contributed by atoms with van der Waals surface area (Å²) in [7, 11) is 0. The number of fused-ring (bicyclic) bond motifs is 1. The van der Waals surface area contributed by atoms with Crippen LogP contribution in [0.2, 0.25) is 0 Å². The molecule has 210 valence electrons. The van der Waals surface area contributed by atoms with Crippen LogP contribution in [-0.2, 0) is 11.0 Å². The van der Waals surface area contributed by atoms with Gasteiger partial charge in [0.1, 0.15) is 23.8 Å². The molecular weight excluding hydrogens is 548 g/mol. The molecule has 1 aliphatic heterocycles. The molecule has 4 N–H and O–H groups in total. The third-order valence-corrected chi connectivity index (χ3v) is 6.19. The molecule has 1 fully saturated rings. The molecule has 2 aromatic heterocycles. The summed E-state index contributed by atoms with van der Waals surface area (Å²) in [6.45, 7) is -0.418. The highest BCUT2D eigenvalue weighted by Crippen LogP contribution is 2.39. The Bertz CT molecular complexity index is 1450. The number of nitrogens with zero attached hydrogens (tertiary/aromatic N) is 4. The summed E-state index contributed by atoms with van der Waals surface area (Å²) in [6.07, 6.45) is -14.7. The van der Waals surface area contributed by atoms with Gasteiger partial charge < -0.3 is 21.1 Å². The summed E-state index contributed by atoms with van der Waals surface area (Å²) in [4.78, 5) is 28.7. The first-order valence-electron chi connectivity index (χ1n) is 11.0. The number of rotatable bonds is 4. The molecule has 1 aliphatic rings. The van der Waals surface area contributed by atoms with E-state index in [4.69, 9.17) is 10.8 Å². The predicted molar refractivity (Wildman–Crippen MR) is 117 cm³/mol. The Morgan fingerprint density at radius 1 is 1.15 bits per heavy atom. The van der Waals surface area contributed by atoms with Gasteiger partial charge in [0.05, 0.1) is 23.8 Å². The van der Waals surface area contributed by atoms with Crippen LogP contribution in [0.15, 0.2) is 24.5 Å². The minimum absolute atomic E-state index is 0.236. The van der Waals surface area contributed by atoms with E-state index in [2.05, 4.69) is 15.4 Å². The van der Waals surface area contributed by atoms with Crippen molar-refractivity contribution in [3.05, 3.63) is 47.0 Å². The van der Waals surface area contributed by atoms with Crippen molar-refractivity contribution in [1.82, 2.24) is 24.8 Å². The second-order valence-electron chi connectivity index (χ2n) is 8.76. The van der Waals surface area contributed by atoms with Crippen LogP contribution >= 0.6 is 0 Å². The zero-order valence-electron chi connectivity index (χ0n) is 19.6. The number of carbonyl (C=O) groups excluding carboxylic acids is 2. The normalized spacial score (nSPS) is 19.0. The first kappa shape index (κ1) is 28.0. The van der Waals surface area contributed by atoms with E-state index in [1.54, 1.807) is 0 Å². The van der Waals surface area contributed by atoms with Gasteiger partial charge in [-0.3, -0.25) is 9.59 Å². The molecule has 17 heteroatoms. The highest BCUT2D eigenvalue weighted by Gasteiger charge is 2.48. The standard InChI is InChI=1S/C22H18F8N6O3/c1-8-10(19(38)34-14-6-35(5-13(14)24)20(39)17(37)22(28,29)30)2-9(3-12(8)23)15-4-11(21(25,26)27)16-18(31)32-7-33-36(15)16/h2-4,7,13-14,17,37H,5-6H2,1H3,(H,34,38)(H2,31,32,33)/t13-,14+,17+/m0/s1. The number of hydrogen-bond donors (Lipinski definition) is 3. The number of aromatic nitrogens is 3. The minimum atomic E-state index is -5.29. The predicted octanol–water partition coefficient (Wildman–Crippen LogP) is 2.65. The lowest BCUT2D eigenvalue weighted by Gasteiger charge is -2.21. The fourth-order valence-corrected chi connectivity index (χ4v) is 4.19. The van der Waals surface area contributed by atoms with Crippen molar-refractivity contribution < 1.29 is 49.8 Å². The SMILES string of the molecule is Cc1c(F)cc(-c2cc(C(F)(F)F)c3c(N)ncnn23)cc1C(=O)N[C@@H]1CN(C(=O)[C@@H](O)C(F)(F)F)C[C@@H]1F. The Morgan fingerprint density at radius 2 is 1.82 bits per heavy atom. The molecule has 2 amide bonds. The van der Waals surface area contributed by atoms with E-state index >= 15 is 0 Å². The second kappa shape index (κ2) is 9.62. The number of alkyl halides is 7. The third kappa shape index (κ3) is 5.17. The van der Waals surface area contributed by atoms with Crippen LogP contribution in [0.1, 0.15) is 21.5 Å². The summed E-state index contributed by atoms with van der Waals surface area (Å²) in [5.41, 5.74) is 2.54. The monoisotopic (exact) mass is 566 g/mol. The van der Waals surface area contributed by atoms with Crippen molar-refractivity contribution in [3.63, 3.8) is 0 Å². The highest BCUT2D eigenvalue weighted by atomic mass is 19.4. The fourth-order valence-electron chi connectivity index (χ4n) is 4.19. The van der Waals surface area contributed by atoms with Gasteiger partial charge in [-0.15, -0.1) is 0 Å². The maximum atomic E-state index is 14.8. The molecule has 9 nitrogen and oxygen atoms in total. The zero-order chi connectivity index (χ0) is 29.0. The Morgan fingerprint density at radius 3 is 2.44 bits per heavy atom. The summed E-state index contributed by atoms with van der Waals surface area (Å²) in [5, 5.41) is 15.0. The van der Waals surface area contributed by atoms with Gasteiger partial charge in [0, 0.05) is 17.7 Å². The summed E-state index contributed by atoms with van der Waals surface area (Å²) < 4.78 is 109. The van der Waals surface area contributed by atoms with E-state index < -0.39 is 83.9 Å². The molecule has 0 aliphatic carbocycles. The number of anilines is 1. The average Bonchev–Trinajstić information content (AvgIpc) is 3.41. The number of nitrogen functional groups attached to an aromatic ring is 1. The van der Waals surface area contributed by atoms with Crippen LogP contribution in [0.4, 0.5) is 40.9 Å². The van der Waals surface area contributed by atoms with Crippen LogP contribution in [-0.4, -0.2) is 74.0 Å². The van der Waals surface area contributed by atoms with Crippen molar-refractivity contribution in [3.8, 4) is 11.3 Å².